The van der Waals surface area contributed by atoms with Crippen LogP contribution in [0.4, 0.5) is 23.2 Å². The topological polar surface area (TPSA) is 69.6 Å². The summed E-state index contributed by atoms with van der Waals surface area (Å²) in [5.74, 6) is -2.44. The number of carbonyl (C=O) groups is 2. The Hall–Kier alpha value is -3.36. The Balaban J connectivity index is 1.77. The molecule has 0 saturated carbocycles. The molecule has 2 aromatic rings. The third kappa shape index (κ3) is 4.97. The van der Waals surface area contributed by atoms with Gasteiger partial charge >= 0.3 is 6.18 Å². The number of halogens is 4. The number of aliphatic hydroxyl groups is 1. The van der Waals surface area contributed by atoms with Crippen molar-refractivity contribution in [2.75, 3.05) is 11.9 Å². The van der Waals surface area contributed by atoms with Crippen LogP contribution in [-0.4, -0.2) is 28.4 Å². The number of hydrogen-bond acceptors (Lipinski definition) is 3. The first-order chi connectivity index (χ1) is 14.1. The second-order valence-corrected chi connectivity index (χ2v) is 6.81. The van der Waals surface area contributed by atoms with Gasteiger partial charge in [0.1, 0.15) is 17.1 Å². The Labute approximate surface area is 169 Å². The highest BCUT2D eigenvalue weighted by Crippen LogP contribution is 2.29. The summed E-state index contributed by atoms with van der Waals surface area (Å²) in [7, 11) is 0. The smallest absolute Gasteiger partial charge is 0.416 e. The number of anilines is 1. The first-order valence-corrected chi connectivity index (χ1v) is 9.09. The van der Waals surface area contributed by atoms with Crippen molar-refractivity contribution in [3.8, 4) is 0 Å². The number of nitrogens with zero attached hydrogens (tertiary/aromatic N) is 1. The number of benzene rings is 2. The van der Waals surface area contributed by atoms with Crippen LogP contribution < -0.4 is 5.32 Å². The maximum absolute atomic E-state index is 13.0. The molecule has 1 heterocycles. The van der Waals surface area contributed by atoms with Crippen LogP contribution in [0.1, 0.15) is 24.0 Å². The third-order valence-electron chi connectivity index (χ3n) is 4.62. The van der Waals surface area contributed by atoms with Crippen molar-refractivity contribution in [1.82, 2.24) is 4.90 Å². The molecule has 9 heteroatoms. The maximum Gasteiger partial charge on any atom is 0.416 e. The van der Waals surface area contributed by atoms with E-state index in [-0.39, 0.29) is 31.0 Å². The van der Waals surface area contributed by atoms with E-state index < -0.39 is 34.9 Å². The van der Waals surface area contributed by atoms with Crippen molar-refractivity contribution >= 4 is 17.5 Å². The minimum atomic E-state index is -4.46. The van der Waals surface area contributed by atoms with Crippen LogP contribution in [-0.2, 0) is 22.3 Å². The largest absolute Gasteiger partial charge is 0.511 e. The summed E-state index contributed by atoms with van der Waals surface area (Å²) in [6, 6.07) is 9.27. The number of rotatable bonds is 4. The van der Waals surface area contributed by atoms with E-state index in [2.05, 4.69) is 5.32 Å². The summed E-state index contributed by atoms with van der Waals surface area (Å²) in [6.45, 7) is 0.203. The molecule has 0 bridgehead atoms. The van der Waals surface area contributed by atoms with E-state index in [1.807, 2.05) is 0 Å². The minimum absolute atomic E-state index is 0.0163. The highest BCUT2D eigenvalue weighted by atomic mass is 19.4. The van der Waals surface area contributed by atoms with Crippen molar-refractivity contribution in [2.24, 2.45) is 0 Å². The second kappa shape index (κ2) is 8.56. The van der Waals surface area contributed by atoms with Gasteiger partial charge in [0.25, 0.3) is 11.8 Å². The predicted molar refractivity (Wildman–Crippen MR) is 101 cm³/mol. The van der Waals surface area contributed by atoms with Gasteiger partial charge in [-0.2, -0.15) is 13.2 Å². The highest BCUT2D eigenvalue weighted by molar-refractivity contribution is 6.23. The lowest BCUT2D eigenvalue weighted by atomic mass is 10.1. The second-order valence-electron chi connectivity index (χ2n) is 6.81. The van der Waals surface area contributed by atoms with Crippen molar-refractivity contribution in [3.63, 3.8) is 0 Å². The molecular weight excluding hydrogens is 404 g/mol. The van der Waals surface area contributed by atoms with Gasteiger partial charge in [0.2, 0.25) is 0 Å². The summed E-state index contributed by atoms with van der Waals surface area (Å²) in [5, 5.41) is 12.6. The van der Waals surface area contributed by atoms with Gasteiger partial charge in [-0.15, -0.1) is 0 Å². The molecule has 5 nitrogen and oxygen atoms in total. The zero-order valence-corrected chi connectivity index (χ0v) is 15.7. The van der Waals surface area contributed by atoms with Crippen LogP contribution in [0.5, 0.6) is 0 Å². The zero-order valence-electron chi connectivity index (χ0n) is 15.7. The van der Waals surface area contributed by atoms with Gasteiger partial charge in [-0.25, -0.2) is 4.39 Å². The molecular formula is C21H18F4N2O3. The first-order valence-electron chi connectivity index (χ1n) is 9.09. The molecule has 2 N–H and O–H groups in total. The monoisotopic (exact) mass is 422 g/mol. The fourth-order valence-electron chi connectivity index (χ4n) is 3.07. The van der Waals surface area contributed by atoms with Crippen LogP contribution in [0.15, 0.2) is 59.9 Å². The number of amides is 2. The van der Waals surface area contributed by atoms with Gasteiger partial charge in [0, 0.05) is 25.2 Å². The van der Waals surface area contributed by atoms with Gasteiger partial charge < -0.3 is 15.3 Å². The fourth-order valence-corrected chi connectivity index (χ4v) is 3.07. The van der Waals surface area contributed by atoms with Crippen LogP contribution in [0, 0.1) is 5.82 Å². The Morgan fingerprint density at radius 3 is 2.30 bits per heavy atom. The maximum atomic E-state index is 13.0. The summed E-state index contributed by atoms with van der Waals surface area (Å²) >= 11 is 0. The number of nitrogens with one attached hydrogen (secondary N) is 1. The van der Waals surface area contributed by atoms with Crippen molar-refractivity contribution < 1.29 is 32.3 Å². The van der Waals surface area contributed by atoms with Gasteiger partial charge in [-0.05, 0) is 48.4 Å². The Morgan fingerprint density at radius 2 is 1.70 bits per heavy atom. The molecule has 158 valence electrons. The summed E-state index contributed by atoms with van der Waals surface area (Å²) in [5.41, 5.74) is -0.543. The molecule has 1 aliphatic heterocycles. The van der Waals surface area contributed by atoms with Gasteiger partial charge in [0.15, 0.2) is 0 Å². The average Bonchev–Trinajstić information content (AvgIpc) is 2.81. The minimum Gasteiger partial charge on any atom is -0.511 e. The molecule has 2 amide bonds. The van der Waals surface area contributed by atoms with Gasteiger partial charge in [-0.1, -0.05) is 12.1 Å². The van der Waals surface area contributed by atoms with Crippen molar-refractivity contribution in [3.05, 3.63) is 76.8 Å². The highest BCUT2D eigenvalue weighted by Gasteiger charge is 2.32. The van der Waals surface area contributed by atoms with Crippen molar-refractivity contribution in [1.29, 1.82) is 0 Å². The average molecular weight is 422 g/mol. The molecule has 2 aromatic carbocycles. The van der Waals surface area contributed by atoms with Gasteiger partial charge in [0.05, 0.1) is 5.56 Å². The van der Waals surface area contributed by atoms with Crippen LogP contribution in [0.25, 0.3) is 0 Å². The molecule has 0 saturated heterocycles. The van der Waals surface area contributed by atoms with Crippen molar-refractivity contribution in [2.45, 2.75) is 25.6 Å². The third-order valence-corrected chi connectivity index (χ3v) is 4.62. The quantitative estimate of drug-likeness (QED) is 0.566. The molecule has 3 rings (SSSR count). The normalized spacial score (nSPS) is 15.2. The lowest BCUT2D eigenvalue weighted by Crippen LogP contribution is -2.35. The molecule has 1 aliphatic rings. The zero-order chi connectivity index (χ0) is 21.9. The molecule has 0 aromatic heterocycles. The molecule has 0 aliphatic carbocycles. The Morgan fingerprint density at radius 1 is 1.07 bits per heavy atom. The molecule has 0 atom stereocenters. The van der Waals surface area contributed by atoms with E-state index in [4.69, 9.17) is 0 Å². The van der Waals surface area contributed by atoms with Crippen LogP contribution in [0.2, 0.25) is 0 Å². The van der Waals surface area contributed by atoms with Gasteiger partial charge in [-0.3, -0.25) is 9.59 Å². The van der Waals surface area contributed by atoms with E-state index in [9.17, 15) is 32.3 Å². The molecule has 30 heavy (non-hydrogen) atoms. The van der Waals surface area contributed by atoms with E-state index in [1.54, 1.807) is 0 Å². The summed E-state index contributed by atoms with van der Waals surface area (Å²) in [4.78, 5) is 26.8. The van der Waals surface area contributed by atoms with Crippen LogP contribution in [0.3, 0.4) is 0 Å². The predicted octanol–water partition coefficient (Wildman–Crippen LogP) is 4.42. The molecule has 0 radical (unpaired) electrons. The number of hydrogen-bond donors (Lipinski definition) is 2. The number of aliphatic hydroxyl groups excluding tert-OH is 1. The Bertz CT molecular complexity index is 967. The van der Waals surface area contributed by atoms with Crippen LogP contribution >= 0.6 is 0 Å². The SMILES string of the molecule is O=C(Nc1ccc(F)cc1)C1=C(O)CCCN(Cc2ccc(C(F)(F)F)cc2)C1=O. The Kier molecular flexibility index (Phi) is 6.09. The standard InChI is InChI=1S/C21H18F4N2O3/c22-15-7-9-16(10-8-15)26-19(29)18-17(28)2-1-11-27(20(18)30)12-13-3-5-14(6-4-13)21(23,24)25/h3-10,28H,1-2,11-12H2,(H,26,29). The molecule has 0 unspecified atom stereocenters. The number of allylic oxidation sites excluding steroid dienone is 1. The summed E-state index contributed by atoms with van der Waals surface area (Å²) in [6.07, 6.45) is -3.98. The van der Waals surface area contributed by atoms with E-state index in [1.165, 1.54) is 29.2 Å². The number of carbonyl (C=O) groups excluding carboxylic acids is 2. The van der Waals surface area contributed by atoms with E-state index >= 15 is 0 Å². The molecule has 0 fully saturated rings. The van der Waals surface area contributed by atoms with E-state index in [0.29, 0.717) is 12.0 Å². The van der Waals surface area contributed by atoms with E-state index in [0.717, 1.165) is 24.3 Å². The fraction of sp³-hybridized carbons (Fsp3) is 0.238. The summed E-state index contributed by atoms with van der Waals surface area (Å²) < 4.78 is 51.2. The first kappa shape index (κ1) is 21.4. The number of alkyl halides is 3. The molecule has 0 spiro atoms. The lowest BCUT2D eigenvalue weighted by Gasteiger charge is -2.22. The lowest BCUT2D eigenvalue weighted by molar-refractivity contribution is -0.137.